The van der Waals surface area contributed by atoms with E-state index in [4.69, 9.17) is 9.84 Å². The minimum Gasteiger partial charge on any atom is -0.497 e. The molecule has 1 amide bonds. The zero-order valence-electron chi connectivity index (χ0n) is 12.4. The van der Waals surface area contributed by atoms with Gasteiger partial charge in [-0.15, -0.1) is 5.10 Å². The summed E-state index contributed by atoms with van der Waals surface area (Å²) < 4.78 is 6.49. The number of amides is 1. The maximum atomic E-state index is 12.2. The maximum Gasteiger partial charge on any atom is 0.295 e. The van der Waals surface area contributed by atoms with E-state index in [0.29, 0.717) is 23.6 Å². The summed E-state index contributed by atoms with van der Waals surface area (Å²) in [4.78, 5) is 20.4. The lowest BCUT2D eigenvalue weighted by molar-refractivity contribution is 0.101. The fourth-order valence-corrected chi connectivity index (χ4v) is 2.04. The summed E-state index contributed by atoms with van der Waals surface area (Å²) >= 11 is 0. The third-order valence-electron chi connectivity index (χ3n) is 3.20. The molecule has 0 saturated heterocycles. The first kappa shape index (κ1) is 14.9. The molecule has 0 aliphatic heterocycles. The number of aromatic nitrogens is 4. The number of aliphatic hydroxyl groups is 1. The molecule has 23 heavy (non-hydrogen) atoms. The Hall–Kier alpha value is -3.00. The van der Waals surface area contributed by atoms with Gasteiger partial charge in [-0.05, 0) is 36.2 Å². The summed E-state index contributed by atoms with van der Waals surface area (Å²) in [5, 5.41) is 15.8. The van der Waals surface area contributed by atoms with Crippen LogP contribution < -0.4 is 10.1 Å². The average molecular weight is 313 g/mol. The smallest absolute Gasteiger partial charge is 0.295 e. The van der Waals surface area contributed by atoms with Gasteiger partial charge >= 0.3 is 0 Å². The lowest BCUT2D eigenvalue weighted by Gasteiger charge is -2.03. The van der Waals surface area contributed by atoms with Crippen LogP contribution in [0.3, 0.4) is 0 Å². The number of anilines is 1. The molecule has 3 aromatic rings. The molecule has 2 aromatic heterocycles. The van der Waals surface area contributed by atoms with E-state index in [0.717, 1.165) is 5.56 Å². The number of hydrogen-bond donors (Lipinski definition) is 2. The van der Waals surface area contributed by atoms with Crippen LogP contribution in [-0.4, -0.2) is 44.3 Å². The molecule has 0 aliphatic rings. The number of hydrogen-bond acceptors (Lipinski definition) is 6. The highest BCUT2D eigenvalue weighted by atomic mass is 16.5. The molecule has 8 nitrogen and oxygen atoms in total. The fraction of sp³-hybridized carbons (Fsp3) is 0.200. The Morgan fingerprint density at radius 1 is 1.35 bits per heavy atom. The van der Waals surface area contributed by atoms with Crippen LogP contribution >= 0.6 is 0 Å². The van der Waals surface area contributed by atoms with Crippen LogP contribution in [0.1, 0.15) is 16.2 Å². The van der Waals surface area contributed by atoms with Gasteiger partial charge in [-0.2, -0.15) is 4.98 Å². The van der Waals surface area contributed by atoms with Gasteiger partial charge in [0.05, 0.1) is 7.11 Å². The van der Waals surface area contributed by atoms with Crippen molar-refractivity contribution in [2.45, 2.75) is 6.42 Å². The van der Waals surface area contributed by atoms with Crippen molar-refractivity contribution in [3.05, 3.63) is 48.0 Å². The zero-order chi connectivity index (χ0) is 16.2. The van der Waals surface area contributed by atoms with E-state index in [1.165, 1.54) is 4.52 Å². The molecule has 2 heterocycles. The number of carbonyl (C=O) groups is 1. The van der Waals surface area contributed by atoms with E-state index in [1.807, 2.05) is 0 Å². The van der Waals surface area contributed by atoms with E-state index in [2.05, 4.69) is 20.4 Å². The Labute approximate surface area is 131 Å². The first-order valence-electron chi connectivity index (χ1n) is 6.97. The van der Waals surface area contributed by atoms with Gasteiger partial charge in [-0.3, -0.25) is 4.79 Å². The summed E-state index contributed by atoms with van der Waals surface area (Å²) in [6, 6.07) is 6.94. The van der Waals surface area contributed by atoms with Crippen LogP contribution in [0.15, 0.2) is 36.7 Å². The molecule has 2 N–H and O–H groups in total. The van der Waals surface area contributed by atoms with Gasteiger partial charge in [0, 0.05) is 24.7 Å². The standard InChI is InChI=1S/C15H15N5O3/c1-23-12-4-2-11(3-5-12)17-14(22)13-18-15-16-8-10(6-7-21)9-20(15)19-13/h2-5,8-9,21H,6-7H2,1H3,(H,17,22). The lowest BCUT2D eigenvalue weighted by Crippen LogP contribution is -2.13. The Morgan fingerprint density at radius 3 is 2.83 bits per heavy atom. The molecule has 0 fully saturated rings. The number of nitrogens with zero attached hydrogens (tertiary/aromatic N) is 4. The van der Waals surface area contributed by atoms with Gasteiger partial charge in [0.15, 0.2) is 0 Å². The zero-order valence-corrected chi connectivity index (χ0v) is 12.4. The molecule has 0 saturated carbocycles. The summed E-state index contributed by atoms with van der Waals surface area (Å²) in [6.07, 6.45) is 3.76. The molecule has 118 valence electrons. The van der Waals surface area contributed by atoms with Crippen LogP contribution in [0, 0.1) is 0 Å². The van der Waals surface area contributed by atoms with E-state index >= 15 is 0 Å². The molecule has 0 radical (unpaired) electrons. The summed E-state index contributed by atoms with van der Waals surface area (Å²) in [5.74, 6) is 0.625. The predicted octanol–water partition coefficient (Wildman–Crippen LogP) is 0.920. The van der Waals surface area contributed by atoms with E-state index in [9.17, 15) is 4.79 Å². The van der Waals surface area contributed by atoms with Crippen molar-refractivity contribution in [1.82, 2.24) is 19.6 Å². The van der Waals surface area contributed by atoms with Crippen molar-refractivity contribution < 1.29 is 14.6 Å². The number of benzene rings is 1. The van der Waals surface area contributed by atoms with Crippen molar-refractivity contribution >= 4 is 17.4 Å². The van der Waals surface area contributed by atoms with Crippen molar-refractivity contribution in [1.29, 1.82) is 0 Å². The topological polar surface area (TPSA) is 102 Å². The first-order chi connectivity index (χ1) is 11.2. The van der Waals surface area contributed by atoms with Gasteiger partial charge < -0.3 is 15.2 Å². The van der Waals surface area contributed by atoms with Gasteiger partial charge in [-0.1, -0.05) is 0 Å². The second kappa shape index (κ2) is 6.41. The number of fused-ring (bicyclic) bond motifs is 1. The van der Waals surface area contributed by atoms with Crippen molar-refractivity contribution in [2.24, 2.45) is 0 Å². The Bertz CT molecular complexity index is 829. The SMILES string of the molecule is COc1ccc(NC(=O)c2nc3ncc(CCO)cn3n2)cc1. The van der Waals surface area contributed by atoms with Crippen LogP contribution in [-0.2, 0) is 6.42 Å². The van der Waals surface area contributed by atoms with E-state index in [1.54, 1.807) is 43.8 Å². The largest absolute Gasteiger partial charge is 0.497 e. The highest BCUT2D eigenvalue weighted by molar-refractivity contribution is 6.01. The normalized spacial score (nSPS) is 10.7. The highest BCUT2D eigenvalue weighted by Crippen LogP contribution is 2.15. The molecule has 0 unspecified atom stereocenters. The number of methoxy groups -OCH3 is 1. The number of nitrogens with one attached hydrogen (secondary N) is 1. The van der Waals surface area contributed by atoms with Crippen molar-refractivity contribution in [3.8, 4) is 5.75 Å². The van der Waals surface area contributed by atoms with E-state index < -0.39 is 5.91 Å². The summed E-state index contributed by atoms with van der Waals surface area (Å²) in [5.41, 5.74) is 1.43. The minimum absolute atomic E-state index is 0.0205. The van der Waals surface area contributed by atoms with Crippen LogP contribution in [0.4, 0.5) is 5.69 Å². The first-order valence-corrected chi connectivity index (χ1v) is 6.97. The average Bonchev–Trinajstić information content (AvgIpc) is 2.99. The molecule has 8 heteroatoms. The molecule has 0 atom stereocenters. The summed E-state index contributed by atoms with van der Waals surface area (Å²) in [6.45, 7) is 0.0205. The van der Waals surface area contributed by atoms with Gasteiger partial charge in [-0.25, -0.2) is 9.50 Å². The number of rotatable bonds is 5. The molecule has 3 rings (SSSR count). The van der Waals surface area contributed by atoms with Gasteiger partial charge in [0.25, 0.3) is 11.7 Å². The van der Waals surface area contributed by atoms with Crippen LogP contribution in [0.5, 0.6) is 5.75 Å². The Balaban J connectivity index is 1.79. The fourth-order valence-electron chi connectivity index (χ4n) is 2.04. The quantitative estimate of drug-likeness (QED) is 0.726. The highest BCUT2D eigenvalue weighted by Gasteiger charge is 2.14. The third-order valence-corrected chi connectivity index (χ3v) is 3.20. The van der Waals surface area contributed by atoms with Crippen LogP contribution in [0.25, 0.3) is 5.78 Å². The summed E-state index contributed by atoms with van der Waals surface area (Å²) in [7, 11) is 1.58. The number of ether oxygens (including phenoxy) is 1. The Kier molecular flexibility index (Phi) is 4.15. The number of aliphatic hydroxyl groups excluding tert-OH is 1. The van der Waals surface area contributed by atoms with E-state index in [-0.39, 0.29) is 12.4 Å². The third kappa shape index (κ3) is 3.27. The lowest BCUT2D eigenvalue weighted by atomic mass is 10.3. The minimum atomic E-state index is -0.427. The van der Waals surface area contributed by atoms with Gasteiger partial charge in [0.1, 0.15) is 5.75 Å². The van der Waals surface area contributed by atoms with Crippen molar-refractivity contribution in [3.63, 3.8) is 0 Å². The molecule has 0 spiro atoms. The second-order valence-electron chi connectivity index (χ2n) is 4.80. The number of carbonyl (C=O) groups excluding carboxylic acids is 1. The molecular formula is C15H15N5O3. The molecular weight excluding hydrogens is 298 g/mol. The molecule has 0 bridgehead atoms. The van der Waals surface area contributed by atoms with Crippen LogP contribution in [0.2, 0.25) is 0 Å². The second-order valence-corrected chi connectivity index (χ2v) is 4.80. The Morgan fingerprint density at radius 2 is 2.13 bits per heavy atom. The van der Waals surface area contributed by atoms with Crippen molar-refractivity contribution in [2.75, 3.05) is 19.0 Å². The monoisotopic (exact) mass is 313 g/mol. The molecule has 0 aliphatic carbocycles. The maximum absolute atomic E-state index is 12.2. The van der Waals surface area contributed by atoms with Gasteiger partial charge in [0.2, 0.25) is 5.82 Å². The molecule has 1 aromatic carbocycles. The predicted molar refractivity (Wildman–Crippen MR) is 82.5 cm³/mol.